The summed E-state index contributed by atoms with van der Waals surface area (Å²) >= 11 is 0. The molecule has 6 heteroatoms. The van der Waals surface area contributed by atoms with E-state index in [1.165, 1.54) is 5.56 Å². The molecule has 2 atom stereocenters. The summed E-state index contributed by atoms with van der Waals surface area (Å²) in [5, 5.41) is 19.8. The van der Waals surface area contributed by atoms with Crippen LogP contribution in [0.2, 0.25) is 0 Å². The van der Waals surface area contributed by atoms with Crippen LogP contribution in [-0.2, 0) is 13.5 Å². The van der Waals surface area contributed by atoms with Crippen molar-refractivity contribution in [2.24, 2.45) is 13.0 Å². The lowest BCUT2D eigenvalue weighted by Gasteiger charge is -2.16. The molecule has 1 aromatic heterocycles. The van der Waals surface area contributed by atoms with E-state index in [9.17, 15) is 9.90 Å². The molecule has 1 aliphatic rings. The molecular formula is C15H26N4O2. The Bertz CT molecular complexity index is 508. The molecule has 3 N–H and O–H groups in total. The van der Waals surface area contributed by atoms with Gasteiger partial charge in [-0.25, -0.2) is 4.79 Å². The maximum atomic E-state index is 11.8. The van der Waals surface area contributed by atoms with Crippen molar-refractivity contribution >= 4 is 6.03 Å². The van der Waals surface area contributed by atoms with Crippen LogP contribution in [0.3, 0.4) is 0 Å². The summed E-state index contributed by atoms with van der Waals surface area (Å²) in [4.78, 5) is 11.8. The highest BCUT2D eigenvalue weighted by Crippen LogP contribution is 2.32. The fourth-order valence-corrected chi connectivity index (χ4v) is 2.59. The predicted octanol–water partition coefficient (Wildman–Crippen LogP) is 1.04. The smallest absolute Gasteiger partial charge is 0.315 e. The molecule has 0 aromatic carbocycles. The third kappa shape index (κ3) is 4.20. The van der Waals surface area contributed by atoms with Crippen LogP contribution in [0.25, 0.3) is 0 Å². The number of hydrogen-bond acceptors (Lipinski definition) is 3. The highest BCUT2D eigenvalue weighted by atomic mass is 16.3. The van der Waals surface area contributed by atoms with Gasteiger partial charge in [0.05, 0.1) is 11.8 Å². The topological polar surface area (TPSA) is 79.2 Å². The summed E-state index contributed by atoms with van der Waals surface area (Å²) in [6.07, 6.45) is 2.49. The summed E-state index contributed by atoms with van der Waals surface area (Å²) in [6.45, 7) is 6.33. The largest absolute Gasteiger partial charge is 0.391 e. The number of nitrogens with zero attached hydrogens (tertiary/aromatic N) is 2. The molecule has 2 rings (SSSR count). The van der Waals surface area contributed by atoms with E-state index in [0.29, 0.717) is 12.5 Å². The van der Waals surface area contributed by atoms with E-state index >= 15 is 0 Å². The van der Waals surface area contributed by atoms with Crippen molar-refractivity contribution in [1.82, 2.24) is 20.4 Å². The molecule has 1 aromatic rings. The van der Waals surface area contributed by atoms with E-state index in [0.717, 1.165) is 30.7 Å². The first-order valence-corrected chi connectivity index (χ1v) is 7.60. The highest BCUT2D eigenvalue weighted by Gasteiger charge is 2.29. The number of urea groups is 1. The molecule has 1 fully saturated rings. The van der Waals surface area contributed by atoms with Crippen LogP contribution in [0.4, 0.5) is 4.79 Å². The molecule has 6 nitrogen and oxygen atoms in total. The Morgan fingerprint density at radius 3 is 2.67 bits per heavy atom. The average molecular weight is 294 g/mol. The number of aliphatic hydroxyl groups is 1. The monoisotopic (exact) mass is 294 g/mol. The fourth-order valence-electron chi connectivity index (χ4n) is 2.59. The third-order valence-electron chi connectivity index (χ3n) is 4.18. The second kappa shape index (κ2) is 6.47. The Morgan fingerprint density at radius 1 is 1.48 bits per heavy atom. The third-order valence-corrected chi connectivity index (χ3v) is 4.18. The first-order chi connectivity index (χ1) is 9.88. The molecule has 1 heterocycles. The molecule has 2 amide bonds. The maximum absolute atomic E-state index is 11.8. The van der Waals surface area contributed by atoms with Gasteiger partial charge in [0, 0.05) is 25.3 Å². The number of hydrogen-bond donors (Lipinski definition) is 3. The van der Waals surface area contributed by atoms with Gasteiger partial charge in [0.1, 0.15) is 0 Å². The fraction of sp³-hybridized carbons (Fsp3) is 0.733. The molecule has 0 spiro atoms. The maximum Gasteiger partial charge on any atom is 0.315 e. The first kappa shape index (κ1) is 15.8. The minimum absolute atomic E-state index is 0.0182. The minimum atomic E-state index is -0.408. The molecule has 1 aliphatic carbocycles. The van der Waals surface area contributed by atoms with E-state index in [4.69, 9.17) is 0 Å². The van der Waals surface area contributed by atoms with Gasteiger partial charge in [-0.2, -0.15) is 5.10 Å². The number of rotatable bonds is 6. The quantitative estimate of drug-likeness (QED) is 0.733. The Labute approximate surface area is 125 Å². The second-order valence-corrected chi connectivity index (χ2v) is 6.14. The van der Waals surface area contributed by atoms with Crippen molar-refractivity contribution in [3.63, 3.8) is 0 Å². The van der Waals surface area contributed by atoms with Crippen molar-refractivity contribution < 1.29 is 9.90 Å². The summed E-state index contributed by atoms with van der Waals surface area (Å²) in [7, 11) is 1.93. The van der Waals surface area contributed by atoms with E-state index < -0.39 is 6.10 Å². The Balaban J connectivity index is 1.77. The molecule has 0 saturated heterocycles. The van der Waals surface area contributed by atoms with Crippen LogP contribution in [-0.4, -0.2) is 39.6 Å². The number of aromatic nitrogens is 2. The van der Waals surface area contributed by atoms with Crippen molar-refractivity contribution in [2.45, 2.75) is 52.2 Å². The zero-order valence-electron chi connectivity index (χ0n) is 13.3. The standard InChI is InChI=1S/C15H26N4O2/c1-9(7-13-10(2)18-19(4)11(13)3)17-15(21)16-8-14(20)12-5-6-12/h9,12,14,20H,5-8H2,1-4H3,(H2,16,17,21)/t9-,14+/m0/s1. The molecule has 21 heavy (non-hydrogen) atoms. The van der Waals surface area contributed by atoms with Gasteiger partial charge in [-0.05, 0) is 51.5 Å². The van der Waals surface area contributed by atoms with E-state index in [1.807, 2.05) is 32.5 Å². The number of aryl methyl sites for hydroxylation is 2. The number of nitrogens with one attached hydrogen (secondary N) is 2. The number of carbonyl (C=O) groups is 1. The van der Waals surface area contributed by atoms with Gasteiger partial charge >= 0.3 is 6.03 Å². The van der Waals surface area contributed by atoms with Crippen molar-refractivity contribution in [2.75, 3.05) is 6.54 Å². The lowest BCUT2D eigenvalue weighted by atomic mass is 10.1. The van der Waals surface area contributed by atoms with Gasteiger partial charge in [0.2, 0.25) is 0 Å². The van der Waals surface area contributed by atoms with Crippen molar-refractivity contribution in [1.29, 1.82) is 0 Å². The molecule has 0 unspecified atom stereocenters. The summed E-state index contributed by atoms with van der Waals surface area (Å²) in [6, 6.07) is -0.203. The average Bonchev–Trinajstić information content (AvgIpc) is 3.22. The van der Waals surface area contributed by atoms with Crippen LogP contribution < -0.4 is 10.6 Å². The van der Waals surface area contributed by atoms with Gasteiger partial charge in [-0.1, -0.05) is 0 Å². The van der Waals surface area contributed by atoms with Crippen molar-refractivity contribution in [3.05, 3.63) is 17.0 Å². The molecule has 0 bridgehead atoms. The van der Waals surface area contributed by atoms with Crippen LogP contribution in [0, 0.1) is 19.8 Å². The second-order valence-electron chi connectivity index (χ2n) is 6.14. The zero-order valence-corrected chi connectivity index (χ0v) is 13.3. The van der Waals surface area contributed by atoms with Gasteiger partial charge in [-0.3, -0.25) is 4.68 Å². The molecule has 118 valence electrons. The van der Waals surface area contributed by atoms with Crippen LogP contribution in [0.1, 0.15) is 36.7 Å². The zero-order chi connectivity index (χ0) is 15.6. The minimum Gasteiger partial charge on any atom is -0.391 e. The normalized spacial score (nSPS) is 17.4. The van der Waals surface area contributed by atoms with Gasteiger partial charge in [0.25, 0.3) is 0 Å². The summed E-state index contributed by atoms with van der Waals surface area (Å²) < 4.78 is 1.86. The van der Waals surface area contributed by atoms with Gasteiger partial charge in [-0.15, -0.1) is 0 Å². The number of amides is 2. The highest BCUT2D eigenvalue weighted by molar-refractivity contribution is 5.74. The van der Waals surface area contributed by atoms with Crippen molar-refractivity contribution in [3.8, 4) is 0 Å². The molecular weight excluding hydrogens is 268 g/mol. The Kier molecular flexibility index (Phi) is 4.88. The molecule has 0 aliphatic heterocycles. The van der Waals surface area contributed by atoms with Crippen LogP contribution in [0.15, 0.2) is 0 Å². The van der Waals surface area contributed by atoms with Crippen LogP contribution >= 0.6 is 0 Å². The molecule has 1 saturated carbocycles. The lowest BCUT2D eigenvalue weighted by molar-refractivity contribution is 0.149. The lowest BCUT2D eigenvalue weighted by Crippen LogP contribution is -2.44. The van der Waals surface area contributed by atoms with Crippen LogP contribution in [0.5, 0.6) is 0 Å². The first-order valence-electron chi connectivity index (χ1n) is 7.60. The number of carbonyl (C=O) groups excluding carboxylic acids is 1. The van der Waals surface area contributed by atoms with E-state index in [1.54, 1.807) is 0 Å². The Morgan fingerprint density at radius 2 is 2.14 bits per heavy atom. The summed E-state index contributed by atoms with van der Waals surface area (Å²) in [5.41, 5.74) is 3.32. The van der Waals surface area contributed by atoms with E-state index in [2.05, 4.69) is 15.7 Å². The van der Waals surface area contributed by atoms with E-state index in [-0.39, 0.29) is 12.1 Å². The van der Waals surface area contributed by atoms with Gasteiger partial charge < -0.3 is 15.7 Å². The predicted molar refractivity (Wildman–Crippen MR) is 81.1 cm³/mol. The number of aliphatic hydroxyl groups excluding tert-OH is 1. The van der Waals surface area contributed by atoms with Gasteiger partial charge in [0.15, 0.2) is 0 Å². The summed E-state index contributed by atoms with van der Waals surface area (Å²) in [5.74, 6) is 0.378. The Hall–Kier alpha value is -1.56. The molecule has 0 radical (unpaired) electrons. The SMILES string of the molecule is Cc1nn(C)c(C)c1C[C@H](C)NC(=O)NC[C@@H](O)C1CC1.